The average Bonchev–Trinajstić information content (AvgIpc) is 2.95. The van der Waals surface area contributed by atoms with Gasteiger partial charge >= 0.3 is 5.97 Å². The molecule has 2 atom stereocenters. The van der Waals surface area contributed by atoms with E-state index in [1.165, 1.54) is 0 Å². The van der Waals surface area contributed by atoms with Crippen molar-refractivity contribution in [1.82, 2.24) is 4.90 Å². The number of carbonyl (C=O) groups is 1. The third-order valence-corrected chi connectivity index (χ3v) is 5.47. The molecular formula is C20H27NO4. The van der Waals surface area contributed by atoms with E-state index in [-0.39, 0.29) is 0 Å². The summed E-state index contributed by atoms with van der Waals surface area (Å²) < 4.78 is 5.97. The van der Waals surface area contributed by atoms with Gasteiger partial charge in [-0.1, -0.05) is 38.5 Å². The van der Waals surface area contributed by atoms with E-state index in [1.807, 2.05) is 25.1 Å². The second kappa shape index (κ2) is 7.18. The van der Waals surface area contributed by atoms with Crippen LogP contribution in [0.4, 0.5) is 0 Å². The summed E-state index contributed by atoms with van der Waals surface area (Å²) in [6.07, 6.45) is 1.75. The Morgan fingerprint density at radius 2 is 2.12 bits per heavy atom. The van der Waals surface area contributed by atoms with Crippen LogP contribution in [0, 0.1) is 5.41 Å². The van der Waals surface area contributed by atoms with Crippen LogP contribution in [0.1, 0.15) is 44.4 Å². The maximum absolute atomic E-state index is 12.0. The molecule has 2 heterocycles. The monoisotopic (exact) mass is 345 g/mol. The fraction of sp³-hybridized carbons (Fsp3) is 0.550. The highest BCUT2D eigenvalue weighted by Crippen LogP contribution is 2.37. The number of hydrogen-bond acceptors (Lipinski definition) is 4. The van der Waals surface area contributed by atoms with Crippen molar-refractivity contribution in [2.75, 3.05) is 13.1 Å². The van der Waals surface area contributed by atoms with Crippen molar-refractivity contribution in [2.24, 2.45) is 5.41 Å². The van der Waals surface area contributed by atoms with E-state index in [0.717, 1.165) is 35.1 Å². The zero-order valence-electron chi connectivity index (χ0n) is 15.0. The van der Waals surface area contributed by atoms with E-state index < -0.39 is 17.5 Å². The summed E-state index contributed by atoms with van der Waals surface area (Å²) in [6, 6.07) is 7.99. The maximum atomic E-state index is 12.0. The molecule has 2 aromatic rings. The Kier molecular flexibility index (Phi) is 5.16. The molecule has 136 valence electrons. The Bertz CT molecular complexity index is 753. The highest BCUT2D eigenvalue weighted by Gasteiger charge is 2.48. The van der Waals surface area contributed by atoms with Crippen LogP contribution in [0.3, 0.4) is 0 Å². The number of nitrogens with zero attached hydrogens (tertiary/aromatic N) is 1. The minimum absolute atomic E-state index is 0.375. The number of aliphatic hydroxyl groups excluding tert-OH is 1. The number of hydrogen-bond donors (Lipinski definition) is 2. The van der Waals surface area contributed by atoms with Gasteiger partial charge in [-0.15, -0.1) is 0 Å². The molecule has 0 unspecified atom stereocenters. The van der Waals surface area contributed by atoms with Crippen molar-refractivity contribution in [3.8, 4) is 0 Å². The highest BCUT2D eigenvalue weighted by atomic mass is 16.4. The number of fused-ring (bicyclic) bond motifs is 1. The van der Waals surface area contributed by atoms with Gasteiger partial charge in [0.1, 0.15) is 16.8 Å². The number of aliphatic hydroxyl groups is 1. The number of carboxylic acids is 1. The number of furan rings is 1. The van der Waals surface area contributed by atoms with E-state index in [4.69, 9.17) is 4.42 Å². The van der Waals surface area contributed by atoms with Crippen molar-refractivity contribution in [3.63, 3.8) is 0 Å². The second-order valence-electron chi connectivity index (χ2n) is 7.08. The number of likely N-dealkylation sites (tertiary alicyclic amines) is 1. The second-order valence-corrected chi connectivity index (χ2v) is 7.08. The molecule has 2 N–H and O–H groups in total. The molecule has 0 amide bonds. The molecule has 0 bridgehead atoms. The quantitative estimate of drug-likeness (QED) is 0.839. The minimum atomic E-state index is -1.07. The topological polar surface area (TPSA) is 73.9 Å². The van der Waals surface area contributed by atoms with E-state index >= 15 is 0 Å². The predicted molar refractivity (Wildman–Crippen MR) is 96.5 cm³/mol. The van der Waals surface area contributed by atoms with Crippen LogP contribution in [0.15, 0.2) is 28.7 Å². The number of para-hydroxylation sites is 1. The Morgan fingerprint density at radius 3 is 2.80 bits per heavy atom. The third kappa shape index (κ3) is 3.18. The normalized spacial score (nSPS) is 24.7. The molecule has 0 saturated carbocycles. The number of aliphatic carboxylic acids is 1. The van der Waals surface area contributed by atoms with Crippen molar-refractivity contribution in [1.29, 1.82) is 0 Å². The Balaban J connectivity index is 1.90. The van der Waals surface area contributed by atoms with Gasteiger partial charge in [-0.2, -0.15) is 0 Å². The molecule has 1 aliphatic heterocycles. The summed E-state index contributed by atoms with van der Waals surface area (Å²) in [5, 5.41) is 21.3. The Labute approximate surface area is 148 Å². The van der Waals surface area contributed by atoms with Gasteiger partial charge in [0.25, 0.3) is 0 Å². The molecule has 1 aromatic heterocycles. The molecule has 3 rings (SSSR count). The Morgan fingerprint density at radius 1 is 1.36 bits per heavy atom. The molecular weight excluding hydrogens is 318 g/mol. The van der Waals surface area contributed by atoms with Crippen molar-refractivity contribution in [2.45, 2.75) is 52.2 Å². The number of rotatable bonds is 6. The number of aryl methyl sites for hydroxylation is 1. The molecule has 5 nitrogen and oxygen atoms in total. The first-order valence-corrected chi connectivity index (χ1v) is 9.15. The molecule has 0 aliphatic carbocycles. The van der Waals surface area contributed by atoms with Gasteiger partial charge in [-0.25, -0.2) is 0 Å². The summed E-state index contributed by atoms with van der Waals surface area (Å²) in [4.78, 5) is 14.1. The lowest BCUT2D eigenvalue weighted by Gasteiger charge is -2.43. The van der Waals surface area contributed by atoms with Crippen LogP contribution >= 0.6 is 0 Å². The van der Waals surface area contributed by atoms with E-state index in [9.17, 15) is 15.0 Å². The summed E-state index contributed by atoms with van der Waals surface area (Å²) in [6.45, 7) is 5.77. The van der Waals surface area contributed by atoms with Gasteiger partial charge in [0, 0.05) is 37.0 Å². The third-order valence-electron chi connectivity index (χ3n) is 5.47. The van der Waals surface area contributed by atoms with Crippen molar-refractivity contribution < 1.29 is 19.4 Å². The van der Waals surface area contributed by atoms with E-state index in [1.54, 1.807) is 0 Å². The van der Waals surface area contributed by atoms with Crippen LogP contribution in [0.25, 0.3) is 11.0 Å². The zero-order chi connectivity index (χ0) is 18.0. The predicted octanol–water partition coefficient (Wildman–Crippen LogP) is 3.43. The number of benzene rings is 1. The summed E-state index contributed by atoms with van der Waals surface area (Å²) in [7, 11) is 0. The summed E-state index contributed by atoms with van der Waals surface area (Å²) >= 11 is 0. The minimum Gasteiger partial charge on any atom is -0.481 e. The summed E-state index contributed by atoms with van der Waals surface area (Å²) in [5.41, 5.74) is 0.952. The van der Waals surface area contributed by atoms with Crippen molar-refractivity contribution in [3.05, 3.63) is 35.6 Å². The van der Waals surface area contributed by atoms with Gasteiger partial charge < -0.3 is 14.6 Å². The average molecular weight is 345 g/mol. The van der Waals surface area contributed by atoms with Gasteiger partial charge in [0.15, 0.2) is 0 Å². The van der Waals surface area contributed by atoms with Crippen LogP contribution in [0.5, 0.6) is 0 Å². The van der Waals surface area contributed by atoms with Gasteiger partial charge in [0.2, 0.25) is 0 Å². The number of piperidine rings is 1. The first kappa shape index (κ1) is 18.0. The lowest BCUT2D eigenvalue weighted by atomic mass is 9.74. The summed E-state index contributed by atoms with van der Waals surface area (Å²) in [5.74, 6) is 0.0723. The molecule has 1 saturated heterocycles. The molecule has 0 spiro atoms. The molecule has 1 aromatic carbocycles. The SMILES string of the molecule is CCC[C@@]1(C(=O)O)CN(Cc2c(CC)oc3ccccc23)CC[C@@H]1O. The largest absolute Gasteiger partial charge is 0.481 e. The van der Waals surface area contributed by atoms with Gasteiger partial charge in [-0.3, -0.25) is 9.69 Å². The van der Waals surface area contributed by atoms with E-state index in [0.29, 0.717) is 32.5 Å². The lowest BCUT2D eigenvalue weighted by Crippen LogP contribution is -2.55. The van der Waals surface area contributed by atoms with Crippen LogP contribution < -0.4 is 0 Å². The standard InChI is InChI=1S/C20H27NO4/c1-3-10-20(19(23)24)13-21(11-9-18(20)22)12-15-14-7-5-6-8-17(14)25-16(15)4-2/h5-8,18,22H,3-4,9-13H2,1-2H3,(H,23,24)/t18-,20+/m0/s1. The first-order valence-electron chi connectivity index (χ1n) is 9.15. The van der Waals surface area contributed by atoms with Crippen molar-refractivity contribution >= 4 is 16.9 Å². The highest BCUT2D eigenvalue weighted by molar-refractivity contribution is 5.82. The fourth-order valence-electron chi connectivity index (χ4n) is 4.14. The van der Waals surface area contributed by atoms with Gasteiger partial charge in [0.05, 0.1) is 6.10 Å². The van der Waals surface area contributed by atoms with Crippen LogP contribution in [0.2, 0.25) is 0 Å². The zero-order valence-corrected chi connectivity index (χ0v) is 15.0. The molecule has 1 aliphatic rings. The fourth-order valence-corrected chi connectivity index (χ4v) is 4.14. The molecule has 5 heteroatoms. The Hall–Kier alpha value is -1.85. The smallest absolute Gasteiger partial charge is 0.313 e. The lowest BCUT2D eigenvalue weighted by molar-refractivity contribution is -0.164. The first-order chi connectivity index (χ1) is 12.0. The number of carboxylic acid groups (broad SMARTS) is 1. The van der Waals surface area contributed by atoms with Crippen LogP contribution in [-0.4, -0.2) is 40.3 Å². The van der Waals surface area contributed by atoms with Crippen LogP contribution in [-0.2, 0) is 17.8 Å². The van der Waals surface area contributed by atoms with Gasteiger partial charge in [-0.05, 0) is 18.9 Å². The molecule has 25 heavy (non-hydrogen) atoms. The maximum Gasteiger partial charge on any atom is 0.313 e. The molecule has 0 radical (unpaired) electrons. The van der Waals surface area contributed by atoms with E-state index in [2.05, 4.69) is 17.9 Å². The molecule has 1 fully saturated rings.